The number of nitrogens with zero attached hydrogens (tertiary/aromatic N) is 2. The van der Waals surface area contributed by atoms with Gasteiger partial charge in [-0.1, -0.05) is 0 Å². The van der Waals surface area contributed by atoms with Gasteiger partial charge in [-0.3, -0.25) is 4.79 Å². The van der Waals surface area contributed by atoms with Gasteiger partial charge in [-0.25, -0.2) is 4.98 Å². The van der Waals surface area contributed by atoms with E-state index < -0.39 is 0 Å². The standard InChI is InChI=1S/C13H18N2O/c1-10(2)15(8-11-5-6-11)13-12(9-16)4-3-7-14-13/h3-4,7,9-11H,5-6,8H2,1-2H3. The summed E-state index contributed by atoms with van der Waals surface area (Å²) in [6.07, 6.45) is 5.27. The monoisotopic (exact) mass is 218 g/mol. The number of pyridine rings is 1. The maximum Gasteiger partial charge on any atom is 0.153 e. The Morgan fingerprint density at radius 1 is 1.56 bits per heavy atom. The molecule has 0 aromatic carbocycles. The van der Waals surface area contributed by atoms with Crippen molar-refractivity contribution in [2.75, 3.05) is 11.4 Å². The van der Waals surface area contributed by atoms with E-state index in [9.17, 15) is 4.79 Å². The van der Waals surface area contributed by atoms with Crippen LogP contribution in [0.3, 0.4) is 0 Å². The van der Waals surface area contributed by atoms with E-state index >= 15 is 0 Å². The van der Waals surface area contributed by atoms with Crippen LogP contribution < -0.4 is 4.90 Å². The number of aldehydes is 1. The minimum Gasteiger partial charge on any atom is -0.353 e. The fourth-order valence-corrected chi connectivity index (χ4v) is 1.86. The highest BCUT2D eigenvalue weighted by Crippen LogP contribution is 2.32. The second kappa shape index (κ2) is 4.64. The van der Waals surface area contributed by atoms with Crippen LogP contribution in [0.25, 0.3) is 0 Å². The maximum absolute atomic E-state index is 11.0. The van der Waals surface area contributed by atoms with Gasteiger partial charge in [0.05, 0.1) is 5.56 Å². The lowest BCUT2D eigenvalue weighted by Crippen LogP contribution is -2.34. The SMILES string of the molecule is CC(C)N(CC1CC1)c1ncccc1C=O. The van der Waals surface area contributed by atoms with E-state index in [0.717, 1.165) is 24.6 Å². The molecule has 1 fully saturated rings. The van der Waals surface area contributed by atoms with Gasteiger partial charge in [0.2, 0.25) is 0 Å². The summed E-state index contributed by atoms with van der Waals surface area (Å²) in [5.41, 5.74) is 0.692. The fraction of sp³-hybridized carbons (Fsp3) is 0.538. The molecule has 0 saturated heterocycles. The summed E-state index contributed by atoms with van der Waals surface area (Å²) >= 11 is 0. The first-order valence-corrected chi connectivity index (χ1v) is 5.89. The predicted octanol–water partition coefficient (Wildman–Crippen LogP) is 2.52. The Balaban J connectivity index is 2.25. The van der Waals surface area contributed by atoms with Crippen LogP contribution in [0.5, 0.6) is 0 Å². The molecule has 1 aromatic heterocycles. The van der Waals surface area contributed by atoms with Gasteiger partial charge in [0.15, 0.2) is 6.29 Å². The Hall–Kier alpha value is -1.38. The molecule has 1 saturated carbocycles. The van der Waals surface area contributed by atoms with Crippen molar-refractivity contribution in [3.05, 3.63) is 23.9 Å². The molecule has 1 aliphatic carbocycles. The van der Waals surface area contributed by atoms with Crippen molar-refractivity contribution in [3.8, 4) is 0 Å². The number of aromatic nitrogens is 1. The topological polar surface area (TPSA) is 33.2 Å². The zero-order valence-electron chi connectivity index (χ0n) is 9.89. The fourth-order valence-electron chi connectivity index (χ4n) is 1.86. The van der Waals surface area contributed by atoms with Crippen LogP contribution in [0.1, 0.15) is 37.0 Å². The Kier molecular flexibility index (Phi) is 3.22. The van der Waals surface area contributed by atoms with E-state index in [2.05, 4.69) is 23.7 Å². The highest BCUT2D eigenvalue weighted by Gasteiger charge is 2.27. The third kappa shape index (κ3) is 2.40. The summed E-state index contributed by atoms with van der Waals surface area (Å²) in [5, 5.41) is 0. The number of anilines is 1. The van der Waals surface area contributed by atoms with Gasteiger partial charge in [0.1, 0.15) is 5.82 Å². The normalized spacial score (nSPS) is 15.2. The molecule has 0 bridgehead atoms. The minimum atomic E-state index is 0.384. The lowest BCUT2D eigenvalue weighted by molar-refractivity contribution is 0.112. The van der Waals surface area contributed by atoms with Crippen molar-refractivity contribution in [2.45, 2.75) is 32.7 Å². The first-order valence-electron chi connectivity index (χ1n) is 5.89. The van der Waals surface area contributed by atoms with Gasteiger partial charge in [0.25, 0.3) is 0 Å². The van der Waals surface area contributed by atoms with Crippen LogP contribution in [-0.2, 0) is 0 Å². The highest BCUT2D eigenvalue weighted by molar-refractivity contribution is 5.82. The lowest BCUT2D eigenvalue weighted by atomic mass is 10.2. The van der Waals surface area contributed by atoms with Crippen LogP contribution in [0.15, 0.2) is 18.3 Å². The van der Waals surface area contributed by atoms with Crippen molar-refractivity contribution in [3.63, 3.8) is 0 Å². The highest BCUT2D eigenvalue weighted by atomic mass is 16.1. The number of hydrogen-bond acceptors (Lipinski definition) is 3. The number of hydrogen-bond donors (Lipinski definition) is 0. The zero-order chi connectivity index (χ0) is 11.5. The summed E-state index contributed by atoms with van der Waals surface area (Å²) in [4.78, 5) is 17.6. The van der Waals surface area contributed by atoms with E-state index in [4.69, 9.17) is 0 Å². The predicted molar refractivity (Wildman–Crippen MR) is 64.8 cm³/mol. The summed E-state index contributed by atoms with van der Waals surface area (Å²) in [7, 11) is 0. The molecule has 2 rings (SSSR count). The number of rotatable bonds is 5. The largest absolute Gasteiger partial charge is 0.353 e. The first kappa shape index (κ1) is 11.1. The first-order chi connectivity index (χ1) is 7.72. The zero-order valence-corrected chi connectivity index (χ0v) is 9.89. The summed E-state index contributed by atoms with van der Waals surface area (Å²) in [5.74, 6) is 1.63. The molecule has 3 heteroatoms. The van der Waals surface area contributed by atoms with E-state index in [1.165, 1.54) is 12.8 Å². The number of carbonyl (C=O) groups is 1. The molecule has 1 heterocycles. The molecule has 1 aliphatic rings. The molecular formula is C13H18N2O. The van der Waals surface area contributed by atoms with Crippen molar-refractivity contribution in [2.24, 2.45) is 5.92 Å². The van der Waals surface area contributed by atoms with Gasteiger partial charge in [0, 0.05) is 18.8 Å². The lowest BCUT2D eigenvalue weighted by Gasteiger charge is -2.28. The van der Waals surface area contributed by atoms with Gasteiger partial charge >= 0.3 is 0 Å². The van der Waals surface area contributed by atoms with Crippen LogP contribution >= 0.6 is 0 Å². The third-order valence-corrected chi connectivity index (χ3v) is 2.99. The smallest absolute Gasteiger partial charge is 0.153 e. The minimum absolute atomic E-state index is 0.384. The molecular weight excluding hydrogens is 200 g/mol. The Labute approximate surface area is 96.5 Å². The van der Waals surface area contributed by atoms with Crippen LogP contribution in [0.4, 0.5) is 5.82 Å². The van der Waals surface area contributed by atoms with Crippen LogP contribution in [-0.4, -0.2) is 23.9 Å². The second-order valence-electron chi connectivity index (χ2n) is 4.72. The molecule has 0 aliphatic heterocycles. The van der Waals surface area contributed by atoms with Gasteiger partial charge in [-0.05, 0) is 44.7 Å². The van der Waals surface area contributed by atoms with Crippen molar-refractivity contribution < 1.29 is 4.79 Å². The molecule has 16 heavy (non-hydrogen) atoms. The van der Waals surface area contributed by atoms with E-state index in [-0.39, 0.29) is 0 Å². The molecule has 0 atom stereocenters. The Morgan fingerprint density at radius 3 is 2.88 bits per heavy atom. The van der Waals surface area contributed by atoms with Gasteiger partial charge in [-0.2, -0.15) is 0 Å². The molecule has 0 unspecified atom stereocenters. The van der Waals surface area contributed by atoms with Gasteiger partial charge < -0.3 is 4.90 Å². The summed E-state index contributed by atoms with van der Waals surface area (Å²) in [6, 6.07) is 4.02. The van der Waals surface area contributed by atoms with E-state index in [1.807, 2.05) is 12.1 Å². The number of carbonyl (C=O) groups excluding carboxylic acids is 1. The molecule has 1 aromatic rings. The molecule has 86 valence electrons. The third-order valence-electron chi connectivity index (χ3n) is 2.99. The summed E-state index contributed by atoms with van der Waals surface area (Å²) in [6.45, 7) is 5.31. The van der Waals surface area contributed by atoms with E-state index in [1.54, 1.807) is 6.20 Å². The average Bonchev–Trinajstić information content (AvgIpc) is 3.09. The van der Waals surface area contributed by atoms with Crippen LogP contribution in [0, 0.1) is 5.92 Å². The van der Waals surface area contributed by atoms with Crippen molar-refractivity contribution in [1.29, 1.82) is 0 Å². The maximum atomic E-state index is 11.0. The summed E-state index contributed by atoms with van der Waals surface area (Å²) < 4.78 is 0. The second-order valence-corrected chi connectivity index (χ2v) is 4.72. The molecule has 0 amide bonds. The van der Waals surface area contributed by atoms with Crippen molar-refractivity contribution in [1.82, 2.24) is 4.98 Å². The Morgan fingerprint density at radius 2 is 2.31 bits per heavy atom. The molecule has 0 spiro atoms. The van der Waals surface area contributed by atoms with Gasteiger partial charge in [-0.15, -0.1) is 0 Å². The van der Waals surface area contributed by atoms with E-state index in [0.29, 0.717) is 11.6 Å². The molecule has 0 N–H and O–H groups in total. The molecule has 3 nitrogen and oxygen atoms in total. The molecule has 0 radical (unpaired) electrons. The Bertz CT molecular complexity index is 372. The van der Waals surface area contributed by atoms with Crippen molar-refractivity contribution >= 4 is 12.1 Å². The quantitative estimate of drug-likeness (QED) is 0.712. The average molecular weight is 218 g/mol. The van der Waals surface area contributed by atoms with Crippen LogP contribution in [0.2, 0.25) is 0 Å².